The van der Waals surface area contributed by atoms with Crippen LogP contribution in [0.15, 0.2) is 71.5 Å². The largest absolute Gasteiger partial charge is 0.322 e. The number of benzene rings is 3. The number of fused-ring (bicyclic) bond motifs is 1. The lowest BCUT2D eigenvalue weighted by molar-refractivity contribution is 0.209. The fourth-order valence-corrected chi connectivity index (χ4v) is 4.41. The fourth-order valence-electron chi connectivity index (χ4n) is 4.22. The Morgan fingerprint density at radius 2 is 1.74 bits per heavy atom. The Hall–Kier alpha value is -3.57. The summed E-state index contributed by atoms with van der Waals surface area (Å²) in [6.07, 6.45) is 0.680. The number of amides is 2. The fraction of sp³-hybridized carbons (Fsp3) is 0.214. The van der Waals surface area contributed by atoms with Crippen LogP contribution in [0.1, 0.15) is 27.8 Å². The van der Waals surface area contributed by atoms with E-state index in [1.54, 1.807) is 29.2 Å². The lowest BCUT2D eigenvalue weighted by Gasteiger charge is -2.24. The highest BCUT2D eigenvalue weighted by molar-refractivity contribution is 6.30. The Balaban J connectivity index is 1.64. The van der Waals surface area contributed by atoms with Crippen molar-refractivity contribution in [2.24, 2.45) is 0 Å². The van der Waals surface area contributed by atoms with Gasteiger partial charge in [0, 0.05) is 22.8 Å². The number of anilines is 1. The van der Waals surface area contributed by atoms with Gasteiger partial charge in [-0.25, -0.2) is 4.79 Å². The van der Waals surface area contributed by atoms with Crippen LogP contribution < -0.4 is 10.9 Å². The van der Waals surface area contributed by atoms with Crippen LogP contribution in [-0.2, 0) is 13.0 Å². The molecule has 34 heavy (non-hydrogen) atoms. The molecular weight excluding hydrogens is 446 g/mol. The molecule has 0 spiro atoms. The first-order valence-electron chi connectivity index (χ1n) is 11.3. The molecule has 0 fully saturated rings. The maximum absolute atomic E-state index is 13.3. The van der Waals surface area contributed by atoms with Crippen molar-refractivity contribution in [3.05, 3.63) is 110 Å². The summed E-state index contributed by atoms with van der Waals surface area (Å²) in [5.41, 5.74) is 6.28. The van der Waals surface area contributed by atoms with E-state index in [0.717, 1.165) is 22.0 Å². The molecule has 0 aliphatic rings. The summed E-state index contributed by atoms with van der Waals surface area (Å²) >= 11 is 6.09. The first-order valence-corrected chi connectivity index (χ1v) is 11.7. The van der Waals surface area contributed by atoms with Gasteiger partial charge in [-0.05, 0) is 79.6 Å². The number of hydrogen-bond donors (Lipinski definition) is 2. The molecule has 0 aliphatic carbocycles. The summed E-state index contributed by atoms with van der Waals surface area (Å²) in [7, 11) is 0. The van der Waals surface area contributed by atoms with Crippen LogP contribution >= 0.6 is 11.6 Å². The minimum atomic E-state index is -0.282. The standard InChI is InChI=1S/C28H28ClN3O2/c1-18-13-20(3)26-22(14-18)15-23(27(33)31-26)17-32(12-11-21-8-5-4-7-19(21)2)28(34)30-25-10-6-9-24(29)16-25/h4-10,13-16H,11-12,17H2,1-3H3,(H,30,34)(H,31,33). The molecule has 2 amide bonds. The molecule has 0 saturated heterocycles. The number of carbonyl (C=O) groups excluding carboxylic acids is 1. The van der Waals surface area contributed by atoms with Gasteiger partial charge in [-0.2, -0.15) is 0 Å². The summed E-state index contributed by atoms with van der Waals surface area (Å²) in [5, 5.41) is 4.42. The third kappa shape index (κ3) is 5.49. The van der Waals surface area contributed by atoms with Crippen molar-refractivity contribution in [1.29, 1.82) is 0 Å². The SMILES string of the molecule is Cc1cc(C)c2[nH]c(=O)c(CN(CCc3ccccc3C)C(=O)Nc3cccc(Cl)c3)cc2c1. The lowest BCUT2D eigenvalue weighted by Crippen LogP contribution is -2.37. The molecule has 3 aromatic carbocycles. The van der Waals surface area contributed by atoms with Crippen molar-refractivity contribution in [2.75, 3.05) is 11.9 Å². The molecule has 4 rings (SSSR count). The number of hydrogen-bond acceptors (Lipinski definition) is 2. The molecule has 0 aliphatic heterocycles. The minimum Gasteiger partial charge on any atom is -0.321 e. The zero-order valence-electron chi connectivity index (χ0n) is 19.6. The highest BCUT2D eigenvalue weighted by Crippen LogP contribution is 2.20. The van der Waals surface area contributed by atoms with Crippen LogP contribution in [0.5, 0.6) is 0 Å². The van der Waals surface area contributed by atoms with E-state index in [-0.39, 0.29) is 18.1 Å². The molecule has 6 heteroatoms. The topological polar surface area (TPSA) is 65.2 Å². The number of aromatic amines is 1. The van der Waals surface area contributed by atoms with Gasteiger partial charge in [0.1, 0.15) is 0 Å². The maximum Gasteiger partial charge on any atom is 0.322 e. The second-order valence-corrected chi connectivity index (χ2v) is 9.14. The normalized spacial score (nSPS) is 10.9. The van der Waals surface area contributed by atoms with Crippen molar-refractivity contribution >= 4 is 34.2 Å². The lowest BCUT2D eigenvalue weighted by atomic mass is 10.0. The maximum atomic E-state index is 13.3. The highest BCUT2D eigenvalue weighted by atomic mass is 35.5. The first kappa shape index (κ1) is 23.6. The minimum absolute atomic E-state index is 0.184. The summed E-state index contributed by atoms with van der Waals surface area (Å²) < 4.78 is 0. The molecule has 0 bridgehead atoms. The van der Waals surface area contributed by atoms with Crippen LogP contribution in [-0.4, -0.2) is 22.5 Å². The van der Waals surface area contributed by atoms with Gasteiger partial charge in [0.05, 0.1) is 12.1 Å². The Labute approximate surface area is 204 Å². The van der Waals surface area contributed by atoms with Crippen LogP contribution in [0, 0.1) is 20.8 Å². The summed E-state index contributed by atoms with van der Waals surface area (Å²) in [5.74, 6) is 0. The molecule has 2 N–H and O–H groups in total. The number of nitrogens with zero attached hydrogens (tertiary/aromatic N) is 1. The second-order valence-electron chi connectivity index (χ2n) is 8.71. The van der Waals surface area contributed by atoms with Gasteiger partial charge in [-0.3, -0.25) is 4.79 Å². The zero-order chi connectivity index (χ0) is 24.2. The smallest absolute Gasteiger partial charge is 0.321 e. The van der Waals surface area contributed by atoms with E-state index in [1.807, 2.05) is 44.2 Å². The van der Waals surface area contributed by atoms with Crippen molar-refractivity contribution in [2.45, 2.75) is 33.7 Å². The van der Waals surface area contributed by atoms with Gasteiger partial charge in [-0.1, -0.05) is 53.6 Å². The monoisotopic (exact) mass is 473 g/mol. The van der Waals surface area contributed by atoms with Gasteiger partial charge in [-0.15, -0.1) is 0 Å². The predicted molar refractivity (Wildman–Crippen MR) is 140 cm³/mol. The number of H-pyrrole nitrogens is 1. The number of halogens is 1. The Morgan fingerprint density at radius 1 is 0.941 bits per heavy atom. The molecular formula is C28H28ClN3O2. The number of aryl methyl sites for hydroxylation is 3. The average Bonchev–Trinajstić information content (AvgIpc) is 2.78. The molecule has 4 aromatic rings. The molecule has 0 unspecified atom stereocenters. The number of aromatic nitrogens is 1. The van der Waals surface area contributed by atoms with Crippen LogP contribution in [0.25, 0.3) is 10.9 Å². The first-order chi connectivity index (χ1) is 16.3. The number of pyridine rings is 1. The summed E-state index contributed by atoms with van der Waals surface area (Å²) in [6, 6.07) is 20.9. The van der Waals surface area contributed by atoms with Gasteiger partial charge < -0.3 is 15.2 Å². The highest BCUT2D eigenvalue weighted by Gasteiger charge is 2.17. The van der Waals surface area contributed by atoms with Crippen LogP contribution in [0.3, 0.4) is 0 Å². The van der Waals surface area contributed by atoms with Gasteiger partial charge in [0.15, 0.2) is 0 Å². The third-order valence-corrected chi connectivity index (χ3v) is 6.24. The molecule has 0 atom stereocenters. The van der Waals surface area contributed by atoms with Crippen molar-refractivity contribution in [3.63, 3.8) is 0 Å². The molecule has 174 valence electrons. The number of urea groups is 1. The third-order valence-electron chi connectivity index (χ3n) is 6.01. The van der Waals surface area contributed by atoms with Crippen molar-refractivity contribution < 1.29 is 4.79 Å². The second kappa shape index (κ2) is 10.1. The zero-order valence-corrected chi connectivity index (χ0v) is 20.4. The van der Waals surface area contributed by atoms with E-state index in [1.165, 1.54) is 11.1 Å². The van der Waals surface area contributed by atoms with E-state index >= 15 is 0 Å². The number of carbonyl (C=O) groups is 1. The Bertz CT molecular complexity index is 1410. The molecule has 0 radical (unpaired) electrons. The van der Waals surface area contributed by atoms with Crippen LogP contribution in [0.4, 0.5) is 10.5 Å². The predicted octanol–water partition coefficient (Wildman–Crippen LogP) is 6.38. The quantitative estimate of drug-likeness (QED) is 0.341. The Kier molecular flexibility index (Phi) is 7.03. The summed E-state index contributed by atoms with van der Waals surface area (Å²) in [6.45, 7) is 6.73. The van der Waals surface area contributed by atoms with E-state index in [4.69, 9.17) is 11.6 Å². The van der Waals surface area contributed by atoms with E-state index < -0.39 is 0 Å². The number of rotatable bonds is 6. The van der Waals surface area contributed by atoms with Crippen LogP contribution in [0.2, 0.25) is 5.02 Å². The average molecular weight is 474 g/mol. The molecule has 1 aromatic heterocycles. The van der Waals surface area contributed by atoms with Gasteiger partial charge in [0.2, 0.25) is 0 Å². The molecule has 5 nitrogen and oxygen atoms in total. The summed E-state index contributed by atoms with van der Waals surface area (Å²) in [4.78, 5) is 30.9. The van der Waals surface area contributed by atoms with E-state index in [0.29, 0.717) is 29.2 Å². The van der Waals surface area contributed by atoms with E-state index in [2.05, 4.69) is 29.4 Å². The molecule has 1 heterocycles. The Morgan fingerprint density at radius 3 is 2.50 bits per heavy atom. The number of nitrogens with one attached hydrogen (secondary N) is 2. The van der Waals surface area contributed by atoms with Gasteiger partial charge in [0.25, 0.3) is 5.56 Å². The van der Waals surface area contributed by atoms with Gasteiger partial charge >= 0.3 is 6.03 Å². The van der Waals surface area contributed by atoms with Crippen molar-refractivity contribution in [3.8, 4) is 0 Å². The van der Waals surface area contributed by atoms with Crippen molar-refractivity contribution in [1.82, 2.24) is 9.88 Å². The van der Waals surface area contributed by atoms with E-state index in [9.17, 15) is 9.59 Å². The molecule has 0 saturated carbocycles.